The summed E-state index contributed by atoms with van der Waals surface area (Å²) in [5.41, 5.74) is 0.894. The number of methoxy groups -OCH3 is 1. The molecule has 0 saturated heterocycles. The first-order valence-electron chi connectivity index (χ1n) is 6.41. The highest BCUT2D eigenvalue weighted by Gasteiger charge is 2.13. The quantitative estimate of drug-likeness (QED) is 0.904. The second kappa shape index (κ2) is 6.21. The molecule has 2 rings (SSSR count). The zero-order valence-corrected chi connectivity index (χ0v) is 12.2. The van der Waals surface area contributed by atoms with Crippen molar-refractivity contribution in [2.45, 2.75) is 6.42 Å². The van der Waals surface area contributed by atoms with Crippen molar-refractivity contribution < 1.29 is 14.6 Å². The summed E-state index contributed by atoms with van der Waals surface area (Å²) in [6.45, 7) is 0. The molecule has 6 heteroatoms. The third kappa shape index (κ3) is 3.47. The van der Waals surface area contributed by atoms with E-state index >= 15 is 0 Å². The second-order valence-electron chi connectivity index (χ2n) is 4.72. The molecule has 0 atom stereocenters. The lowest BCUT2D eigenvalue weighted by atomic mass is 10.1. The molecule has 0 spiro atoms. The largest absolute Gasteiger partial charge is 0.496 e. The molecule has 1 N–H and O–H groups in total. The summed E-state index contributed by atoms with van der Waals surface area (Å²) in [6.07, 6.45) is 0.409. The molecule has 0 fully saturated rings. The monoisotopic (exact) mass is 287 g/mol. The molecule has 0 radical (unpaired) electrons. The van der Waals surface area contributed by atoms with Crippen LogP contribution in [0.25, 0.3) is 0 Å². The Morgan fingerprint density at radius 3 is 2.62 bits per heavy atom. The standard InChI is InChI=1S/C15H17N3O3/c1-18(2)14-9-11(15(19)20)16-13(17-14)8-10-6-4-5-7-12(10)21-3/h4-7,9H,8H2,1-3H3,(H,19,20). The predicted octanol–water partition coefficient (Wildman–Crippen LogP) is 1.84. The van der Waals surface area contributed by atoms with Gasteiger partial charge in [0.15, 0.2) is 5.69 Å². The van der Waals surface area contributed by atoms with Crippen LogP contribution in [0.3, 0.4) is 0 Å². The van der Waals surface area contributed by atoms with Crippen LogP contribution < -0.4 is 9.64 Å². The Labute approximate surface area is 123 Å². The van der Waals surface area contributed by atoms with E-state index < -0.39 is 5.97 Å². The fourth-order valence-corrected chi connectivity index (χ4v) is 1.92. The van der Waals surface area contributed by atoms with E-state index in [4.69, 9.17) is 9.84 Å². The Morgan fingerprint density at radius 1 is 1.29 bits per heavy atom. The number of carboxylic acids is 1. The summed E-state index contributed by atoms with van der Waals surface area (Å²) in [4.78, 5) is 21.4. The number of carboxylic acid groups (broad SMARTS) is 1. The van der Waals surface area contributed by atoms with Crippen LogP contribution in [0, 0.1) is 0 Å². The van der Waals surface area contributed by atoms with Gasteiger partial charge in [0.1, 0.15) is 17.4 Å². The van der Waals surface area contributed by atoms with Gasteiger partial charge in [-0.3, -0.25) is 0 Å². The zero-order valence-electron chi connectivity index (χ0n) is 12.2. The molecule has 6 nitrogen and oxygen atoms in total. The van der Waals surface area contributed by atoms with Crippen LogP contribution in [0.4, 0.5) is 5.82 Å². The zero-order chi connectivity index (χ0) is 15.4. The number of anilines is 1. The van der Waals surface area contributed by atoms with Crippen LogP contribution in [0.1, 0.15) is 21.9 Å². The van der Waals surface area contributed by atoms with E-state index in [9.17, 15) is 4.79 Å². The predicted molar refractivity (Wildman–Crippen MR) is 79.1 cm³/mol. The summed E-state index contributed by atoms with van der Waals surface area (Å²) >= 11 is 0. The molecular weight excluding hydrogens is 270 g/mol. The first-order chi connectivity index (χ1) is 10.0. The lowest BCUT2D eigenvalue weighted by molar-refractivity contribution is 0.0690. The smallest absolute Gasteiger partial charge is 0.354 e. The summed E-state index contributed by atoms with van der Waals surface area (Å²) in [5.74, 6) is 0.672. The second-order valence-corrected chi connectivity index (χ2v) is 4.72. The van der Waals surface area contributed by atoms with Crippen molar-refractivity contribution >= 4 is 11.8 Å². The summed E-state index contributed by atoms with van der Waals surface area (Å²) < 4.78 is 5.29. The minimum Gasteiger partial charge on any atom is -0.496 e. The van der Waals surface area contributed by atoms with E-state index in [1.165, 1.54) is 6.07 Å². The lowest BCUT2D eigenvalue weighted by Crippen LogP contribution is -2.15. The number of para-hydroxylation sites is 1. The molecule has 1 aromatic heterocycles. The highest BCUT2D eigenvalue weighted by atomic mass is 16.5. The van der Waals surface area contributed by atoms with Gasteiger partial charge < -0.3 is 14.7 Å². The van der Waals surface area contributed by atoms with Crippen molar-refractivity contribution in [1.29, 1.82) is 0 Å². The van der Waals surface area contributed by atoms with E-state index in [1.54, 1.807) is 26.1 Å². The van der Waals surface area contributed by atoms with Crippen LogP contribution in [0.15, 0.2) is 30.3 Å². The van der Waals surface area contributed by atoms with E-state index in [1.807, 2.05) is 24.3 Å². The first-order valence-corrected chi connectivity index (χ1v) is 6.41. The maximum Gasteiger partial charge on any atom is 0.354 e. The number of hydrogen-bond acceptors (Lipinski definition) is 5. The summed E-state index contributed by atoms with van der Waals surface area (Å²) in [6, 6.07) is 8.98. The van der Waals surface area contributed by atoms with Gasteiger partial charge in [0.05, 0.1) is 7.11 Å². The normalized spacial score (nSPS) is 10.2. The topological polar surface area (TPSA) is 75.6 Å². The van der Waals surface area contributed by atoms with Gasteiger partial charge in [-0.2, -0.15) is 0 Å². The van der Waals surface area contributed by atoms with E-state index in [-0.39, 0.29) is 5.69 Å². The van der Waals surface area contributed by atoms with Gasteiger partial charge in [-0.25, -0.2) is 14.8 Å². The highest BCUT2D eigenvalue weighted by Crippen LogP contribution is 2.21. The molecule has 0 aliphatic rings. The number of benzene rings is 1. The fourth-order valence-electron chi connectivity index (χ4n) is 1.92. The molecule has 0 aliphatic heterocycles. The fraction of sp³-hybridized carbons (Fsp3) is 0.267. The molecule has 0 amide bonds. The van der Waals surface area contributed by atoms with Crippen molar-refractivity contribution in [3.8, 4) is 5.75 Å². The number of ether oxygens (including phenoxy) is 1. The Balaban J connectivity index is 2.41. The SMILES string of the molecule is COc1ccccc1Cc1nc(C(=O)O)cc(N(C)C)n1. The number of aromatic nitrogens is 2. The molecule has 2 aromatic rings. The van der Waals surface area contributed by atoms with Gasteiger partial charge in [-0.15, -0.1) is 0 Å². The van der Waals surface area contributed by atoms with E-state index in [0.29, 0.717) is 18.1 Å². The molecule has 0 unspecified atom stereocenters. The molecule has 0 aliphatic carbocycles. The third-order valence-electron chi connectivity index (χ3n) is 2.98. The average Bonchev–Trinajstić information content (AvgIpc) is 2.47. The molecule has 21 heavy (non-hydrogen) atoms. The molecule has 1 aromatic carbocycles. The first kappa shape index (κ1) is 14.8. The van der Waals surface area contributed by atoms with Crippen LogP contribution >= 0.6 is 0 Å². The van der Waals surface area contributed by atoms with Crippen LogP contribution in [0.5, 0.6) is 5.75 Å². The van der Waals surface area contributed by atoms with Gasteiger partial charge in [-0.1, -0.05) is 18.2 Å². The van der Waals surface area contributed by atoms with Crippen molar-refractivity contribution in [2.24, 2.45) is 0 Å². The number of aromatic carboxylic acids is 1. The molecule has 0 bridgehead atoms. The van der Waals surface area contributed by atoms with Gasteiger partial charge in [0.2, 0.25) is 0 Å². The van der Waals surface area contributed by atoms with Gasteiger partial charge in [-0.05, 0) is 6.07 Å². The molecule has 0 saturated carbocycles. The Bertz CT molecular complexity index is 656. The highest BCUT2D eigenvalue weighted by molar-refractivity contribution is 5.86. The van der Waals surface area contributed by atoms with Crippen molar-refractivity contribution in [3.63, 3.8) is 0 Å². The Hall–Kier alpha value is -2.63. The summed E-state index contributed by atoms with van der Waals surface area (Å²) in [7, 11) is 5.21. The lowest BCUT2D eigenvalue weighted by Gasteiger charge is -2.13. The minimum atomic E-state index is -1.07. The number of rotatable bonds is 5. The maximum atomic E-state index is 11.2. The van der Waals surface area contributed by atoms with Crippen molar-refractivity contribution in [3.05, 3.63) is 47.4 Å². The molecule has 110 valence electrons. The van der Waals surface area contributed by atoms with Crippen LogP contribution in [-0.4, -0.2) is 42.2 Å². The van der Waals surface area contributed by atoms with Crippen molar-refractivity contribution in [2.75, 3.05) is 26.1 Å². The van der Waals surface area contributed by atoms with Crippen LogP contribution in [-0.2, 0) is 6.42 Å². The molecule has 1 heterocycles. The van der Waals surface area contributed by atoms with Gasteiger partial charge in [0, 0.05) is 32.1 Å². The van der Waals surface area contributed by atoms with E-state index in [0.717, 1.165) is 11.3 Å². The number of nitrogens with zero attached hydrogens (tertiary/aromatic N) is 3. The Kier molecular flexibility index (Phi) is 4.37. The van der Waals surface area contributed by atoms with Gasteiger partial charge >= 0.3 is 5.97 Å². The number of carbonyl (C=O) groups is 1. The molecular formula is C15H17N3O3. The minimum absolute atomic E-state index is 0.0152. The number of hydrogen-bond donors (Lipinski definition) is 1. The van der Waals surface area contributed by atoms with Gasteiger partial charge in [0.25, 0.3) is 0 Å². The average molecular weight is 287 g/mol. The third-order valence-corrected chi connectivity index (χ3v) is 2.98. The van der Waals surface area contributed by atoms with Crippen LogP contribution in [0.2, 0.25) is 0 Å². The maximum absolute atomic E-state index is 11.2. The summed E-state index contributed by atoms with van der Waals surface area (Å²) in [5, 5.41) is 9.15. The van der Waals surface area contributed by atoms with Crippen molar-refractivity contribution in [1.82, 2.24) is 9.97 Å². The Morgan fingerprint density at radius 2 is 2.00 bits per heavy atom. The van der Waals surface area contributed by atoms with E-state index in [2.05, 4.69) is 9.97 Å².